The molecule has 45 heavy (non-hydrogen) atoms. The summed E-state index contributed by atoms with van der Waals surface area (Å²) in [4.78, 5) is 27.5. The number of halogens is 1. The first kappa shape index (κ1) is 34.8. The smallest absolute Gasteiger partial charge is 0.337 e. The van der Waals surface area contributed by atoms with Crippen molar-refractivity contribution in [2.75, 3.05) is 38.8 Å². The van der Waals surface area contributed by atoms with Crippen molar-refractivity contribution in [3.8, 4) is 5.75 Å². The predicted molar refractivity (Wildman–Crippen MR) is 178 cm³/mol. The fourth-order valence-corrected chi connectivity index (χ4v) is 7.06. The minimum atomic E-state index is -1.62. The lowest BCUT2D eigenvalue weighted by Crippen LogP contribution is -2.49. The number of anilines is 1. The van der Waals surface area contributed by atoms with Crippen LogP contribution in [0.25, 0.3) is 0 Å². The zero-order chi connectivity index (χ0) is 32.8. The van der Waals surface area contributed by atoms with Gasteiger partial charge < -0.3 is 29.5 Å². The van der Waals surface area contributed by atoms with Crippen molar-refractivity contribution in [3.63, 3.8) is 0 Å². The number of fused-ring (bicyclic) bond motifs is 1. The van der Waals surface area contributed by atoms with E-state index in [4.69, 9.17) is 21.1 Å². The molecule has 1 fully saturated rings. The average molecular weight is 641 g/mol. The van der Waals surface area contributed by atoms with Crippen LogP contribution in [0.2, 0.25) is 5.02 Å². The molecule has 4 rings (SSSR count). The van der Waals surface area contributed by atoms with Crippen LogP contribution in [0.1, 0.15) is 75.7 Å². The molecule has 1 saturated carbocycles. The number of nitrogens with zero attached hydrogens (tertiary/aromatic N) is 2. The summed E-state index contributed by atoms with van der Waals surface area (Å²) in [6.45, 7) is 9.94. The number of rotatable bonds is 13. The van der Waals surface area contributed by atoms with Gasteiger partial charge in [0.05, 0.1) is 18.4 Å². The Morgan fingerprint density at radius 1 is 1.24 bits per heavy atom. The number of hydrogen-bond acceptors (Lipinski definition) is 6. The molecule has 246 valence electrons. The minimum Gasteiger partial charge on any atom is -0.491 e. The van der Waals surface area contributed by atoms with E-state index in [1.165, 1.54) is 11.1 Å². The molecule has 0 saturated heterocycles. The molecule has 1 heterocycles. The molecule has 2 aliphatic rings. The Morgan fingerprint density at radius 2 is 2.00 bits per heavy atom. The highest BCUT2D eigenvalue weighted by Crippen LogP contribution is 2.46. The van der Waals surface area contributed by atoms with Crippen LogP contribution in [-0.2, 0) is 20.7 Å². The number of methoxy groups -OCH3 is 1. The van der Waals surface area contributed by atoms with E-state index in [-0.39, 0.29) is 24.0 Å². The van der Waals surface area contributed by atoms with Gasteiger partial charge in [-0.2, -0.15) is 0 Å². The number of benzene rings is 2. The first-order valence-electron chi connectivity index (χ1n) is 16.1. The van der Waals surface area contributed by atoms with E-state index < -0.39 is 12.1 Å². The molecule has 2 N–H and O–H groups in total. The summed E-state index contributed by atoms with van der Waals surface area (Å²) in [6.07, 6.45) is 6.28. The van der Waals surface area contributed by atoms with Crippen molar-refractivity contribution in [3.05, 3.63) is 70.3 Å². The van der Waals surface area contributed by atoms with Gasteiger partial charge in [-0.1, -0.05) is 56.2 Å². The molecule has 7 unspecified atom stereocenters. The predicted octanol–water partition coefficient (Wildman–Crippen LogP) is 6.49. The van der Waals surface area contributed by atoms with Crippen LogP contribution in [0.5, 0.6) is 5.75 Å². The van der Waals surface area contributed by atoms with Crippen LogP contribution in [0.3, 0.4) is 0 Å². The lowest BCUT2D eigenvalue weighted by molar-refractivity contribution is -0.147. The minimum absolute atomic E-state index is 0.0477. The summed E-state index contributed by atoms with van der Waals surface area (Å²) < 4.78 is 12.4. The summed E-state index contributed by atoms with van der Waals surface area (Å²) >= 11 is 6.40. The number of carboxylic acid groups (broad SMARTS) is 1. The second-order valence-corrected chi connectivity index (χ2v) is 13.3. The molecule has 2 aromatic carbocycles. The molecule has 0 spiro atoms. The van der Waals surface area contributed by atoms with Crippen molar-refractivity contribution in [1.29, 1.82) is 0 Å². The van der Waals surface area contributed by atoms with E-state index in [0.717, 1.165) is 42.9 Å². The van der Waals surface area contributed by atoms with Crippen molar-refractivity contribution in [2.24, 2.45) is 17.8 Å². The number of aliphatic hydroxyl groups is 1. The Labute approximate surface area is 273 Å². The van der Waals surface area contributed by atoms with Gasteiger partial charge in [0, 0.05) is 51.2 Å². The molecule has 7 atom stereocenters. The van der Waals surface area contributed by atoms with E-state index in [1.807, 2.05) is 20.0 Å². The second kappa shape index (κ2) is 15.5. The number of carbonyl (C=O) groups excluding carboxylic acids is 1. The van der Waals surface area contributed by atoms with Crippen molar-refractivity contribution in [1.82, 2.24) is 4.90 Å². The summed E-state index contributed by atoms with van der Waals surface area (Å²) in [5.74, 6) is 0.589. The normalized spacial score (nSPS) is 23.3. The van der Waals surface area contributed by atoms with Gasteiger partial charge in [0.1, 0.15) is 5.75 Å². The number of amides is 1. The molecular weight excluding hydrogens is 592 g/mol. The van der Waals surface area contributed by atoms with Crippen LogP contribution < -0.4 is 9.64 Å². The Balaban J connectivity index is 1.63. The van der Waals surface area contributed by atoms with Crippen LogP contribution >= 0.6 is 11.6 Å². The third kappa shape index (κ3) is 8.21. The maximum atomic E-state index is 11.8. The van der Waals surface area contributed by atoms with E-state index >= 15 is 0 Å². The fraction of sp³-hybridized carbons (Fsp3) is 0.556. The molecule has 2 aromatic rings. The van der Waals surface area contributed by atoms with E-state index in [1.54, 1.807) is 37.1 Å². The van der Waals surface area contributed by atoms with E-state index in [2.05, 4.69) is 43.0 Å². The Morgan fingerprint density at radius 3 is 2.64 bits per heavy atom. The van der Waals surface area contributed by atoms with Gasteiger partial charge in [-0.25, -0.2) is 4.79 Å². The molecule has 0 aromatic heterocycles. The lowest BCUT2D eigenvalue weighted by Gasteiger charge is -2.48. The van der Waals surface area contributed by atoms with Gasteiger partial charge in [0.15, 0.2) is 6.10 Å². The summed E-state index contributed by atoms with van der Waals surface area (Å²) in [5, 5.41) is 20.6. The van der Waals surface area contributed by atoms with Crippen LogP contribution in [-0.4, -0.2) is 73.0 Å². The third-order valence-corrected chi connectivity index (χ3v) is 10.1. The maximum Gasteiger partial charge on any atom is 0.337 e. The maximum absolute atomic E-state index is 11.8. The molecule has 1 aliphatic heterocycles. The number of aliphatic hydroxyl groups excluding tert-OH is 1. The van der Waals surface area contributed by atoms with Crippen molar-refractivity contribution >= 4 is 29.2 Å². The van der Waals surface area contributed by atoms with Gasteiger partial charge >= 0.3 is 5.97 Å². The SMILES string of the molecule is CCCc1cc(Cl)ccc1C1COc2ccc(C(O)C(=O)O)cc2N(CC2C(C)CC2C(/C=C/CC(C)N(C)C(C)=O)OC)C1. The lowest BCUT2D eigenvalue weighted by atomic mass is 9.63. The molecule has 8 nitrogen and oxygen atoms in total. The molecule has 1 amide bonds. The van der Waals surface area contributed by atoms with Gasteiger partial charge in [-0.15, -0.1) is 0 Å². The number of aryl methyl sites for hydroxylation is 1. The van der Waals surface area contributed by atoms with Crippen LogP contribution in [0.4, 0.5) is 5.69 Å². The summed E-state index contributed by atoms with van der Waals surface area (Å²) in [7, 11) is 3.57. The first-order chi connectivity index (χ1) is 21.4. The molecular formula is C36H49ClN2O6. The highest BCUT2D eigenvalue weighted by Gasteiger charge is 2.43. The average Bonchev–Trinajstić information content (AvgIpc) is 3.19. The summed E-state index contributed by atoms with van der Waals surface area (Å²) in [6, 6.07) is 11.4. The quantitative estimate of drug-likeness (QED) is 0.241. The van der Waals surface area contributed by atoms with Crippen LogP contribution in [0.15, 0.2) is 48.6 Å². The zero-order valence-electron chi connectivity index (χ0n) is 27.4. The Bertz CT molecular complexity index is 1370. The zero-order valence-corrected chi connectivity index (χ0v) is 28.2. The number of hydrogen-bond donors (Lipinski definition) is 2. The number of carbonyl (C=O) groups is 2. The number of ether oxygens (including phenoxy) is 2. The topological polar surface area (TPSA) is 99.5 Å². The van der Waals surface area contributed by atoms with E-state index in [9.17, 15) is 19.8 Å². The van der Waals surface area contributed by atoms with Gasteiger partial charge in [0.25, 0.3) is 0 Å². The van der Waals surface area contributed by atoms with Gasteiger partial charge in [-0.3, -0.25) is 4.79 Å². The molecule has 1 aliphatic carbocycles. The Hall–Kier alpha value is -3.07. The fourth-order valence-electron chi connectivity index (χ4n) is 6.87. The summed E-state index contributed by atoms with van der Waals surface area (Å²) in [5.41, 5.74) is 3.55. The molecule has 0 bridgehead atoms. The monoisotopic (exact) mass is 640 g/mol. The van der Waals surface area contributed by atoms with Crippen LogP contribution in [0, 0.1) is 17.8 Å². The van der Waals surface area contributed by atoms with E-state index in [0.29, 0.717) is 42.2 Å². The highest BCUT2D eigenvalue weighted by molar-refractivity contribution is 6.30. The van der Waals surface area contributed by atoms with Crippen molar-refractivity contribution in [2.45, 2.75) is 77.5 Å². The highest BCUT2D eigenvalue weighted by atomic mass is 35.5. The Kier molecular flexibility index (Phi) is 12.0. The first-order valence-corrected chi connectivity index (χ1v) is 16.5. The number of aliphatic carboxylic acids is 1. The number of carboxylic acids is 1. The van der Waals surface area contributed by atoms with Gasteiger partial charge in [-0.05, 0) is 84.9 Å². The largest absolute Gasteiger partial charge is 0.491 e. The molecule has 0 radical (unpaired) electrons. The van der Waals surface area contributed by atoms with Gasteiger partial charge in [0.2, 0.25) is 5.91 Å². The third-order valence-electron chi connectivity index (χ3n) is 9.83. The second-order valence-electron chi connectivity index (χ2n) is 12.9. The molecule has 9 heteroatoms. The standard InChI is InChI=1S/C36H49ClN2O6/c1-7-9-25-17-28(37)13-14-29(25)27-19-39(32-18-26(35(41)36(42)43)12-15-34(32)45-21-27)20-31-22(2)16-30(31)33(44-6)11-8-10-23(3)38(5)24(4)40/h8,11-15,17-18,22-23,27,30-31,33,35,41H,7,9-10,16,19-21H2,1-6H3,(H,42,43)/b11-8+. The van der Waals surface area contributed by atoms with Crippen molar-refractivity contribution < 1.29 is 29.3 Å².